The van der Waals surface area contributed by atoms with Crippen LogP contribution in [0.25, 0.3) is 15.8 Å². The highest BCUT2D eigenvalue weighted by Gasteiger charge is 2.31. The van der Waals surface area contributed by atoms with Crippen molar-refractivity contribution in [1.82, 2.24) is 9.88 Å². The summed E-state index contributed by atoms with van der Waals surface area (Å²) in [6, 6.07) is 17.9. The molecule has 0 aliphatic carbocycles. The van der Waals surface area contributed by atoms with Gasteiger partial charge in [-0.15, -0.1) is 11.3 Å². The number of carbonyl (C=O) groups excluding carboxylic acids is 1. The minimum atomic E-state index is -0.516. The van der Waals surface area contributed by atoms with E-state index >= 15 is 4.39 Å². The summed E-state index contributed by atoms with van der Waals surface area (Å²) in [5, 5.41) is 0. The Hall–Kier alpha value is -3.75. The number of para-hydroxylation sites is 1. The second-order valence-electron chi connectivity index (χ2n) is 9.01. The van der Waals surface area contributed by atoms with Crippen LogP contribution < -0.4 is 14.5 Å². The monoisotopic (exact) mass is 500 g/mol. The van der Waals surface area contributed by atoms with E-state index in [-0.39, 0.29) is 11.8 Å². The van der Waals surface area contributed by atoms with Crippen LogP contribution >= 0.6 is 11.3 Å². The van der Waals surface area contributed by atoms with Gasteiger partial charge in [0, 0.05) is 60.8 Å². The van der Waals surface area contributed by atoms with Crippen molar-refractivity contribution in [3.8, 4) is 11.5 Å². The van der Waals surface area contributed by atoms with E-state index in [1.807, 2.05) is 30.3 Å². The highest BCUT2D eigenvalue weighted by Crippen LogP contribution is 2.39. The molecule has 8 heteroatoms. The molecular formula is C28H25FN4O2S. The van der Waals surface area contributed by atoms with Gasteiger partial charge in [0.05, 0.1) is 10.2 Å². The summed E-state index contributed by atoms with van der Waals surface area (Å²) in [5.41, 5.74) is 3.50. The molecule has 2 amide bonds. The molecule has 1 saturated heterocycles. The summed E-state index contributed by atoms with van der Waals surface area (Å²) in [4.78, 5) is 24.2. The van der Waals surface area contributed by atoms with Gasteiger partial charge >= 0.3 is 6.03 Å². The van der Waals surface area contributed by atoms with E-state index in [1.165, 1.54) is 16.5 Å². The lowest BCUT2D eigenvalue weighted by molar-refractivity contribution is 0.256. The number of thiophene rings is 1. The van der Waals surface area contributed by atoms with Gasteiger partial charge in [-0.25, -0.2) is 9.18 Å². The number of halogens is 1. The maximum absolute atomic E-state index is 15.2. The Labute approximate surface area is 212 Å². The molecule has 1 fully saturated rings. The summed E-state index contributed by atoms with van der Waals surface area (Å²) >= 11 is 1.62. The molecule has 0 spiro atoms. The van der Waals surface area contributed by atoms with Gasteiger partial charge in [-0.3, -0.25) is 14.8 Å². The average Bonchev–Trinajstić information content (AvgIpc) is 3.50. The van der Waals surface area contributed by atoms with Crippen molar-refractivity contribution in [1.29, 1.82) is 0 Å². The van der Waals surface area contributed by atoms with Crippen molar-refractivity contribution in [2.24, 2.45) is 0 Å². The SMILES string of the molecule is CN1CC=C(c2cc3nccc(Oc4ccc(N5CCN(c6ccccc6)C5=O)cc4F)c3s2)CC1. The molecule has 36 heavy (non-hydrogen) atoms. The Kier molecular flexibility index (Phi) is 5.91. The van der Waals surface area contributed by atoms with Gasteiger partial charge in [0.1, 0.15) is 5.75 Å². The van der Waals surface area contributed by atoms with Crippen LogP contribution in [0.1, 0.15) is 11.3 Å². The number of hydrogen-bond acceptors (Lipinski definition) is 5. The maximum Gasteiger partial charge on any atom is 0.329 e. The van der Waals surface area contributed by atoms with Crippen LogP contribution in [0.3, 0.4) is 0 Å². The third-order valence-corrected chi connectivity index (χ3v) is 7.84. The number of pyridine rings is 1. The first kappa shape index (κ1) is 22.7. The average molecular weight is 501 g/mol. The topological polar surface area (TPSA) is 48.9 Å². The number of amides is 2. The summed E-state index contributed by atoms with van der Waals surface area (Å²) in [5.74, 6) is 0.174. The van der Waals surface area contributed by atoms with E-state index in [1.54, 1.807) is 45.5 Å². The molecule has 6 rings (SSSR count). The van der Waals surface area contributed by atoms with Crippen molar-refractivity contribution in [3.63, 3.8) is 0 Å². The zero-order valence-electron chi connectivity index (χ0n) is 19.9. The van der Waals surface area contributed by atoms with E-state index in [2.05, 4.69) is 29.1 Å². The molecule has 6 nitrogen and oxygen atoms in total. The smallest absolute Gasteiger partial charge is 0.329 e. The molecule has 0 radical (unpaired) electrons. The first-order valence-electron chi connectivity index (χ1n) is 11.9. The molecule has 0 atom stereocenters. The maximum atomic E-state index is 15.2. The second-order valence-corrected chi connectivity index (χ2v) is 10.1. The molecule has 2 aromatic carbocycles. The quantitative estimate of drug-likeness (QED) is 0.318. The fourth-order valence-corrected chi connectivity index (χ4v) is 5.76. The number of likely N-dealkylation sites (N-methyl/N-ethyl adjacent to an activating group) is 1. The van der Waals surface area contributed by atoms with Crippen molar-refractivity contribution < 1.29 is 13.9 Å². The minimum absolute atomic E-state index is 0.117. The van der Waals surface area contributed by atoms with Gasteiger partial charge in [0.2, 0.25) is 0 Å². The van der Waals surface area contributed by atoms with Crippen molar-refractivity contribution in [2.45, 2.75) is 6.42 Å². The number of benzene rings is 2. The lowest BCUT2D eigenvalue weighted by atomic mass is 10.1. The predicted molar refractivity (Wildman–Crippen MR) is 143 cm³/mol. The largest absolute Gasteiger partial charge is 0.453 e. The van der Waals surface area contributed by atoms with E-state index in [9.17, 15) is 4.79 Å². The fourth-order valence-electron chi connectivity index (χ4n) is 4.63. The number of nitrogens with zero attached hydrogens (tertiary/aromatic N) is 4. The lowest BCUT2D eigenvalue weighted by Gasteiger charge is -2.21. The molecule has 2 aliphatic heterocycles. The minimum Gasteiger partial charge on any atom is -0.453 e. The third-order valence-electron chi connectivity index (χ3n) is 6.63. The van der Waals surface area contributed by atoms with E-state index < -0.39 is 5.82 Å². The van der Waals surface area contributed by atoms with Gasteiger partial charge in [-0.2, -0.15) is 0 Å². The highest BCUT2D eigenvalue weighted by molar-refractivity contribution is 7.20. The van der Waals surface area contributed by atoms with Crippen LogP contribution in [-0.4, -0.2) is 49.1 Å². The lowest BCUT2D eigenvalue weighted by Crippen LogP contribution is -2.31. The first-order valence-corrected chi connectivity index (χ1v) is 12.8. The normalized spacial score (nSPS) is 16.6. The molecule has 4 aromatic rings. The van der Waals surface area contributed by atoms with E-state index in [4.69, 9.17) is 4.74 Å². The van der Waals surface area contributed by atoms with Gasteiger partial charge in [0.25, 0.3) is 0 Å². The molecule has 2 aromatic heterocycles. The number of aromatic nitrogens is 1. The van der Waals surface area contributed by atoms with Crippen LogP contribution in [0, 0.1) is 5.82 Å². The van der Waals surface area contributed by atoms with Crippen molar-refractivity contribution in [3.05, 3.63) is 83.6 Å². The van der Waals surface area contributed by atoms with E-state index in [0.717, 1.165) is 35.4 Å². The number of carbonyl (C=O) groups is 1. The number of rotatable bonds is 5. The molecule has 0 saturated carbocycles. The van der Waals surface area contributed by atoms with Crippen molar-refractivity contribution >= 4 is 44.5 Å². The molecule has 0 N–H and O–H groups in total. The van der Waals surface area contributed by atoms with Gasteiger partial charge in [0.15, 0.2) is 11.6 Å². The zero-order chi connectivity index (χ0) is 24.6. The molecular weight excluding hydrogens is 475 g/mol. The van der Waals surface area contributed by atoms with E-state index in [0.29, 0.717) is 24.5 Å². The Morgan fingerprint density at radius 3 is 2.50 bits per heavy atom. The summed E-state index contributed by atoms with van der Waals surface area (Å²) in [7, 11) is 2.12. The summed E-state index contributed by atoms with van der Waals surface area (Å²) in [6.07, 6.45) is 4.93. The first-order chi connectivity index (χ1) is 17.6. The highest BCUT2D eigenvalue weighted by atomic mass is 32.1. The molecule has 2 aliphatic rings. The number of urea groups is 1. The van der Waals surface area contributed by atoms with Crippen LogP contribution in [-0.2, 0) is 0 Å². The standard InChI is InChI=1S/C28H25FN4O2S/c1-31-13-10-19(11-14-31)26-18-23-27(36-26)25(9-12-30-23)35-24-8-7-21(17-22(24)29)33-16-15-32(28(33)34)20-5-3-2-4-6-20/h2-10,12,17-18H,11,13-16H2,1H3. The van der Waals surface area contributed by atoms with Gasteiger partial charge in [-0.1, -0.05) is 24.3 Å². The Bertz CT molecular complexity index is 1470. The molecule has 182 valence electrons. The van der Waals surface area contributed by atoms with Crippen LogP contribution in [0.2, 0.25) is 0 Å². The van der Waals surface area contributed by atoms with Crippen LogP contribution in [0.4, 0.5) is 20.6 Å². The Morgan fingerprint density at radius 2 is 1.75 bits per heavy atom. The Balaban J connectivity index is 1.23. The van der Waals surface area contributed by atoms with Gasteiger partial charge in [-0.05, 0) is 49.4 Å². The second kappa shape index (κ2) is 9.37. The number of fused-ring (bicyclic) bond motifs is 1. The predicted octanol–water partition coefficient (Wildman–Crippen LogP) is 6.39. The fraction of sp³-hybridized carbons (Fsp3) is 0.214. The zero-order valence-corrected chi connectivity index (χ0v) is 20.7. The molecule has 0 unspecified atom stereocenters. The Morgan fingerprint density at radius 1 is 0.944 bits per heavy atom. The molecule has 4 heterocycles. The number of anilines is 2. The number of ether oxygens (including phenoxy) is 1. The van der Waals surface area contributed by atoms with Gasteiger partial charge < -0.3 is 9.64 Å². The van der Waals surface area contributed by atoms with Crippen LogP contribution in [0.5, 0.6) is 11.5 Å². The number of hydrogen-bond donors (Lipinski definition) is 0. The molecule has 0 bridgehead atoms. The van der Waals surface area contributed by atoms with Crippen LogP contribution in [0.15, 0.2) is 72.9 Å². The summed E-state index contributed by atoms with van der Waals surface area (Å²) in [6.45, 7) is 2.99. The van der Waals surface area contributed by atoms with Crippen molar-refractivity contribution in [2.75, 3.05) is 43.0 Å². The summed E-state index contributed by atoms with van der Waals surface area (Å²) < 4.78 is 22.1. The third kappa shape index (κ3) is 4.23.